The van der Waals surface area contributed by atoms with Gasteiger partial charge in [-0.3, -0.25) is 5.32 Å². The van der Waals surface area contributed by atoms with E-state index in [9.17, 15) is 18.3 Å². The number of benzene rings is 2. The zero-order chi connectivity index (χ0) is 20.4. The minimum atomic E-state index is -3.83. The number of anilines is 1. The fraction of sp³-hybridized carbons (Fsp3) is 0.211. The summed E-state index contributed by atoms with van der Waals surface area (Å²) in [7, 11) is -2.59. The number of hydrogen-bond donors (Lipinski definition) is 3. The number of fused-ring (bicyclic) bond motifs is 1. The van der Waals surface area contributed by atoms with E-state index in [-0.39, 0.29) is 11.4 Å². The Balaban J connectivity index is 1.72. The second kappa shape index (κ2) is 7.88. The van der Waals surface area contributed by atoms with Gasteiger partial charge in [-0.2, -0.15) is 0 Å². The van der Waals surface area contributed by atoms with Crippen molar-refractivity contribution in [3.63, 3.8) is 0 Å². The first-order chi connectivity index (χ1) is 13.2. The van der Waals surface area contributed by atoms with Crippen LogP contribution in [-0.4, -0.2) is 33.3 Å². The number of rotatable bonds is 6. The maximum absolute atomic E-state index is 12.5. The lowest BCUT2D eigenvalue weighted by Gasteiger charge is -2.22. The molecule has 3 rings (SSSR count). The summed E-state index contributed by atoms with van der Waals surface area (Å²) in [5.74, 6) is 0. The molecule has 0 fully saturated rings. The van der Waals surface area contributed by atoms with Crippen LogP contribution in [0.2, 0.25) is 0 Å². The van der Waals surface area contributed by atoms with Gasteiger partial charge in [0, 0.05) is 21.8 Å². The van der Waals surface area contributed by atoms with Gasteiger partial charge in [-0.1, -0.05) is 18.2 Å². The highest BCUT2D eigenvalue weighted by Crippen LogP contribution is 2.33. The van der Waals surface area contributed by atoms with E-state index in [1.54, 1.807) is 6.92 Å². The first kappa shape index (κ1) is 20.3. The first-order valence-corrected chi connectivity index (χ1v) is 10.7. The highest BCUT2D eigenvalue weighted by atomic mass is 32.2. The molecule has 3 N–H and O–H groups in total. The van der Waals surface area contributed by atoms with Crippen molar-refractivity contribution in [2.45, 2.75) is 17.4 Å². The van der Waals surface area contributed by atoms with E-state index in [0.29, 0.717) is 10.6 Å². The van der Waals surface area contributed by atoms with Crippen LogP contribution in [0.15, 0.2) is 59.5 Å². The van der Waals surface area contributed by atoms with Gasteiger partial charge in [-0.25, -0.2) is 17.9 Å². The number of aliphatic hydroxyl groups is 1. The normalized spacial score (nSPS) is 13.8. The second-order valence-electron chi connectivity index (χ2n) is 6.39. The Morgan fingerprint density at radius 2 is 1.86 bits per heavy atom. The molecule has 3 aromatic rings. The molecule has 0 spiro atoms. The van der Waals surface area contributed by atoms with Crippen LogP contribution in [0.3, 0.4) is 0 Å². The van der Waals surface area contributed by atoms with Crippen molar-refractivity contribution in [3.8, 4) is 0 Å². The summed E-state index contributed by atoms with van der Waals surface area (Å²) in [6.45, 7) is 1.40. The van der Waals surface area contributed by atoms with Crippen molar-refractivity contribution in [1.82, 2.24) is 4.72 Å². The van der Waals surface area contributed by atoms with Crippen molar-refractivity contribution in [1.29, 1.82) is 0 Å². The van der Waals surface area contributed by atoms with Crippen LogP contribution in [0, 0.1) is 0 Å². The van der Waals surface area contributed by atoms with Gasteiger partial charge in [0.1, 0.15) is 5.60 Å². The van der Waals surface area contributed by atoms with Crippen LogP contribution in [0.5, 0.6) is 0 Å². The van der Waals surface area contributed by atoms with E-state index in [1.165, 1.54) is 42.7 Å². The van der Waals surface area contributed by atoms with Crippen molar-refractivity contribution < 1.29 is 23.1 Å². The van der Waals surface area contributed by atoms with Gasteiger partial charge in [0.2, 0.25) is 10.0 Å². The zero-order valence-electron chi connectivity index (χ0n) is 15.3. The van der Waals surface area contributed by atoms with Gasteiger partial charge < -0.3 is 9.84 Å². The predicted molar refractivity (Wildman–Crippen MR) is 109 cm³/mol. The maximum Gasteiger partial charge on any atom is 0.411 e. The number of methoxy groups -OCH3 is 1. The van der Waals surface area contributed by atoms with Gasteiger partial charge in [0.15, 0.2) is 0 Å². The monoisotopic (exact) mass is 420 g/mol. The molecule has 148 valence electrons. The van der Waals surface area contributed by atoms with Gasteiger partial charge >= 0.3 is 6.09 Å². The number of amides is 1. The summed E-state index contributed by atoms with van der Waals surface area (Å²) < 4.78 is 33.0. The lowest BCUT2D eigenvalue weighted by Crippen LogP contribution is -2.38. The Bertz CT molecular complexity index is 1060. The topological polar surface area (TPSA) is 105 Å². The fourth-order valence-corrected chi connectivity index (χ4v) is 4.78. The number of nitrogens with one attached hydrogen (secondary N) is 2. The molecular weight excluding hydrogens is 400 g/mol. The molecule has 0 saturated heterocycles. The Hall–Kier alpha value is -2.46. The van der Waals surface area contributed by atoms with Gasteiger partial charge in [-0.05, 0) is 48.7 Å². The molecule has 1 unspecified atom stereocenters. The third-order valence-electron chi connectivity index (χ3n) is 4.16. The Morgan fingerprint density at radius 1 is 1.18 bits per heavy atom. The van der Waals surface area contributed by atoms with Crippen LogP contribution in [0.25, 0.3) is 10.1 Å². The van der Waals surface area contributed by atoms with Crippen molar-refractivity contribution in [2.75, 3.05) is 19.0 Å². The molecule has 9 heteroatoms. The lowest BCUT2D eigenvalue weighted by molar-refractivity contribution is 0.0666. The molecule has 0 aliphatic rings. The molecule has 1 atom stereocenters. The largest absolute Gasteiger partial charge is 0.453 e. The molecule has 28 heavy (non-hydrogen) atoms. The molecule has 2 aromatic carbocycles. The summed E-state index contributed by atoms with van der Waals surface area (Å²) in [5.41, 5.74) is -0.952. The molecule has 0 aliphatic heterocycles. The Kier molecular flexibility index (Phi) is 5.71. The van der Waals surface area contributed by atoms with Crippen LogP contribution in [0.1, 0.15) is 11.8 Å². The minimum absolute atomic E-state index is 0.0232. The molecule has 0 aliphatic carbocycles. The van der Waals surface area contributed by atoms with Crippen LogP contribution < -0.4 is 10.0 Å². The van der Waals surface area contributed by atoms with E-state index in [1.807, 2.05) is 30.3 Å². The molecule has 1 amide bonds. The van der Waals surface area contributed by atoms with Crippen molar-refractivity contribution >= 4 is 43.2 Å². The number of ether oxygens (including phenoxy) is 1. The van der Waals surface area contributed by atoms with E-state index in [0.717, 1.165) is 10.1 Å². The van der Waals surface area contributed by atoms with E-state index in [2.05, 4.69) is 14.8 Å². The van der Waals surface area contributed by atoms with Gasteiger partial charge in [0.25, 0.3) is 0 Å². The SMILES string of the molecule is COC(=O)Nc1ccc(S(=O)(=O)NCC(C)(O)c2cc3ccccc3s2)cc1. The second-order valence-corrected chi connectivity index (χ2v) is 9.24. The lowest BCUT2D eigenvalue weighted by atomic mass is 10.1. The quantitative estimate of drug-likeness (QED) is 0.568. The predicted octanol–water partition coefficient (Wildman–Crippen LogP) is 3.27. The Morgan fingerprint density at radius 3 is 2.50 bits per heavy atom. The molecule has 1 heterocycles. The molecular formula is C19H20N2O5S2. The van der Waals surface area contributed by atoms with E-state index < -0.39 is 21.7 Å². The van der Waals surface area contributed by atoms with E-state index >= 15 is 0 Å². The summed E-state index contributed by atoms with van der Waals surface area (Å²) in [5, 5.41) is 14.2. The minimum Gasteiger partial charge on any atom is -0.453 e. The number of carbonyl (C=O) groups is 1. The molecule has 7 nitrogen and oxygen atoms in total. The fourth-order valence-electron chi connectivity index (χ4n) is 2.54. The molecule has 0 radical (unpaired) electrons. The highest BCUT2D eigenvalue weighted by Gasteiger charge is 2.28. The summed E-state index contributed by atoms with van der Waals surface area (Å²) >= 11 is 1.42. The number of thiophene rings is 1. The standard InChI is InChI=1S/C19H20N2O5S2/c1-19(23,17-11-13-5-3-4-6-16(13)27-17)12-20-28(24,25)15-9-7-14(8-10-15)21-18(22)26-2/h3-11,20,23H,12H2,1-2H3,(H,21,22). The molecule has 0 bridgehead atoms. The summed E-state index contributed by atoms with van der Waals surface area (Å²) in [6.07, 6.45) is -0.645. The average Bonchev–Trinajstić information content (AvgIpc) is 3.12. The summed E-state index contributed by atoms with van der Waals surface area (Å²) in [4.78, 5) is 11.9. The van der Waals surface area contributed by atoms with Crippen LogP contribution in [-0.2, 0) is 20.4 Å². The third kappa shape index (κ3) is 4.50. The van der Waals surface area contributed by atoms with Gasteiger partial charge in [-0.15, -0.1) is 11.3 Å². The van der Waals surface area contributed by atoms with Crippen molar-refractivity contribution in [3.05, 3.63) is 59.5 Å². The van der Waals surface area contributed by atoms with E-state index in [4.69, 9.17) is 0 Å². The van der Waals surface area contributed by atoms with Gasteiger partial charge in [0.05, 0.1) is 12.0 Å². The van der Waals surface area contributed by atoms with Crippen molar-refractivity contribution in [2.24, 2.45) is 0 Å². The molecule has 0 saturated carbocycles. The number of sulfonamides is 1. The molecule has 1 aromatic heterocycles. The number of hydrogen-bond acceptors (Lipinski definition) is 6. The number of carbonyl (C=O) groups excluding carboxylic acids is 1. The average molecular weight is 421 g/mol. The highest BCUT2D eigenvalue weighted by molar-refractivity contribution is 7.89. The smallest absolute Gasteiger partial charge is 0.411 e. The van der Waals surface area contributed by atoms with Crippen LogP contribution >= 0.6 is 11.3 Å². The Labute approximate surface area is 167 Å². The first-order valence-electron chi connectivity index (χ1n) is 8.37. The third-order valence-corrected chi connectivity index (χ3v) is 6.95. The van der Waals surface area contributed by atoms with Crippen LogP contribution in [0.4, 0.5) is 10.5 Å². The maximum atomic E-state index is 12.5. The summed E-state index contributed by atoms with van der Waals surface area (Å²) in [6, 6.07) is 15.2. The zero-order valence-corrected chi connectivity index (χ0v) is 16.9.